The summed E-state index contributed by atoms with van der Waals surface area (Å²) in [4.78, 5) is 20.8. The van der Waals surface area contributed by atoms with Crippen LogP contribution in [0.4, 0.5) is 0 Å². The van der Waals surface area contributed by atoms with Crippen LogP contribution in [0.15, 0.2) is 76.3 Å². The van der Waals surface area contributed by atoms with Crippen LogP contribution >= 0.6 is 24.0 Å². The van der Waals surface area contributed by atoms with Crippen LogP contribution in [0, 0.1) is 0 Å². The highest BCUT2D eigenvalue weighted by Gasteiger charge is 2.25. The molecule has 0 unspecified atom stereocenters. The number of nitrogens with zero attached hydrogens (tertiary/aromatic N) is 3. The number of methoxy groups -OCH3 is 1. The van der Waals surface area contributed by atoms with E-state index in [1.807, 2.05) is 53.4 Å². The molecule has 0 bridgehead atoms. The number of amides is 1. The highest BCUT2D eigenvalue weighted by molar-refractivity contribution is 14.0. The number of furan rings is 1. The highest BCUT2D eigenvalue weighted by Crippen LogP contribution is 2.30. The first-order valence-corrected chi connectivity index (χ1v) is 10.9. The SMILES string of the molecule is CN=C(NCc1ccc(Oc2ccccc2OC)cc1)N1CCN(C(=O)c2ccco2)CC1.I. The summed E-state index contributed by atoms with van der Waals surface area (Å²) in [5.41, 5.74) is 1.11. The summed E-state index contributed by atoms with van der Waals surface area (Å²) in [6.45, 7) is 3.28. The molecule has 0 radical (unpaired) electrons. The molecule has 2 heterocycles. The Morgan fingerprint density at radius 1 is 0.971 bits per heavy atom. The topological polar surface area (TPSA) is 79.5 Å². The van der Waals surface area contributed by atoms with Crippen LogP contribution in [0.2, 0.25) is 0 Å². The maximum Gasteiger partial charge on any atom is 0.289 e. The van der Waals surface area contributed by atoms with Crippen molar-refractivity contribution >= 4 is 35.8 Å². The molecule has 0 atom stereocenters. The van der Waals surface area contributed by atoms with Gasteiger partial charge in [-0.2, -0.15) is 0 Å². The molecule has 1 aliphatic rings. The van der Waals surface area contributed by atoms with Gasteiger partial charge in [0.1, 0.15) is 5.75 Å². The quantitative estimate of drug-likeness (QED) is 0.269. The second kappa shape index (κ2) is 12.3. The van der Waals surface area contributed by atoms with Crippen molar-refractivity contribution in [2.75, 3.05) is 40.3 Å². The minimum Gasteiger partial charge on any atom is -0.493 e. The van der Waals surface area contributed by atoms with Gasteiger partial charge in [0.25, 0.3) is 5.91 Å². The van der Waals surface area contributed by atoms with E-state index >= 15 is 0 Å². The minimum atomic E-state index is -0.0713. The van der Waals surface area contributed by atoms with Crippen molar-refractivity contribution in [1.82, 2.24) is 15.1 Å². The predicted octanol–water partition coefficient (Wildman–Crippen LogP) is 4.23. The third-order valence-corrected chi connectivity index (χ3v) is 5.48. The molecule has 0 spiro atoms. The van der Waals surface area contributed by atoms with Crippen LogP contribution in [-0.4, -0.2) is 62.0 Å². The number of guanidine groups is 1. The van der Waals surface area contributed by atoms with Crippen molar-refractivity contribution in [3.63, 3.8) is 0 Å². The molecule has 1 saturated heterocycles. The molecule has 3 aromatic rings. The van der Waals surface area contributed by atoms with Gasteiger partial charge in [0.2, 0.25) is 0 Å². The number of carbonyl (C=O) groups is 1. The lowest BCUT2D eigenvalue weighted by atomic mass is 10.2. The van der Waals surface area contributed by atoms with E-state index in [0.29, 0.717) is 50.0 Å². The van der Waals surface area contributed by atoms with Crippen LogP contribution < -0.4 is 14.8 Å². The normalized spacial score (nSPS) is 13.8. The summed E-state index contributed by atoms with van der Waals surface area (Å²) in [6, 6.07) is 18.9. The average Bonchev–Trinajstić information content (AvgIpc) is 3.41. The van der Waals surface area contributed by atoms with Gasteiger partial charge in [-0.1, -0.05) is 24.3 Å². The third kappa shape index (κ3) is 6.22. The van der Waals surface area contributed by atoms with Crippen molar-refractivity contribution in [1.29, 1.82) is 0 Å². The number of ether oxygens (including phenoxy) is 2. The van der Waals surface area contributed by atoms with Crippen molar-refractivity contribution in [2.45, 2.75) is 6.54 Å². The van der Waals surface area contributed by atoms with Gasteiger partial charge in [-0.05, 0) is 42.0 Å². The van der Waals surface area contributed by atoms with E-state index in [-0.39, 0.29) is 29.9 Å². The summed E-state index contributed by atoms with van der Waals surface area (Å²) in [5.74, 6) is 3.23. The molecular formula is C25H29IN4O4. The first-order valence-electron chi connectivity index (χ1n) is 10.9. The number of halogens is 1. The summed E-state index contributed by atoms with van der Waals surface area (Å²) < 4.78 is 16.5. The third-order valence-electron chi connectivity index (χ3n) is 5.48. The van der Waals surface area contributed by atoms with Crippen LogP contribution in [0.3, 0.4) is 0 Å². The maximum absolute atomic E-state index is 12.4. The van der Waals surface area contributed by atoms with Crippen LogP contribution in [0.5, 0.6) is 17.2 Å². The lowest BCUT2D eigenvalue weighted by Crippen LogP contribution is -2.53. The van der Waals surface area contributed by atoms with Crippen LogP contribution in [0.1, 0.15) is 16.1 Å². The van der Waals surface area contributed by atoms with Gasteiger partial charge in [0.05, 0.1) is 13.4 Å². The zero-order chi connectivity index (χ0) is 23.0. The van der Waals surface area contributed by atoms with Gasteiger partial charge in [-0.3, -0.25) is 9.79 Å². The number of carbonyl (C=O) groups excluding carboxylic acids is 1. The number of hydrogen-bond donors (Lipinski definition) is 1. The Morgan fingerprint density at radius 2 is 1.65 bits per heavy atom. The number of aliphatic imine (C=N–C) groups is 1. The first kappa shape index (κ1) is 25.4. The van der Waals surface area contributed by atoms with Gasteiger partial charge in [-0.25, -0.2) is 0 Å². The summed E-state index contributed by atoms with van der Waals surface area (Å²) in [6.07, 6.45) is 1.52. The monoisotopic (exact) mass is 576 g/mol. The Bertz CT molecular complexity index is 1080. The van der Waals surface area contributed by atoms with Gasteiger partial charge >= 0.3 is 0 Å². The van der Waals surface area contributed by atoms with E-state index in [0.717, 1.165) is 17.3 Å². The molecule has 1 aromatic heterocycles. The van der Waals surface area contributed by atoms with Crippen molar-refractivity contribution in [3.05, 3.63) is 78.3 Å². The Hall–Kier alpha value is -3.21. The number of rotatable bonds is 6. The Morgan fingerprint density at radius 3 is 2.26 bits per heavy atom. The molecule has 9 heteroatoms. The van der Waals surface area contributed by atoms with Crippen molar-refractivity contribution < 1.29 is 18.7 Å². The van der Waals surface area contributed by atoms with Gasteiger partial charge in [0.15, 0.2) is 23.2 Å². The molecule has 0 aliphatic carbocycles. The van der Waals surface area contributed by atoms with Gasteiger partial charge in [0, 0.05) is 39.8 Å². The molecule has 1 N–H and O–H groups in total. The zero-order valence-electron chi connectivity index (χ0n) is 19.3. The van der Waals surface area contributed by atoms with Crippen molar-refractivity contribution in [2.24, 2.45) is 4.99 Å². The maximum atomic E-state index is 12.4. The molecular weight excluding hydrogens is 547 g/mol. The predicted molar refractivity (Wildman–Crippen MR) is 141 cm³/mol. The standard InChI is InChI=1S/C25H28N4O4.HI/c1-26-25(29-15-13-28(14-16-29)24(30)23-8-5-17-32-23)27-18-19-9-11-20(12-10-19)33-22-7-4-3-6-21(22)31-2;/h3-12,17H,13-16,18H2,1-2H3,(H,26,27);1H. The highest BCUT2D eigenvalue weighted by atomic mass is 127. The molecule has 1 fully saturated rings. The Balaban J connectivity index is 0.00000324. The number of hydrogen-bond acceptors (Lipinski definition) is 5. The summed E-state index contributed by atoms with van der Waals surface area (Å²) in [7, 11) is 3.40. The summed E-state index contributed by atoms with van der Waals surface area (Å²) in [5, 5.41) is 3.41. The van der Waals surface area contributed by atoms with E-state index in [2.05, 4.69) is 15.2 Å². The molecule has 2 aromatic carbocycles. The number of benzene rings is 2. The lowest BCUT2D eigenvalue weighted by molar-refractivity contribution is 0.0657. The lowest BCUT2D eigenvalue weighted by Gasteiger charge is -2.36. The van der Waals surface area contributed by atoms with Crippen LogP contribution in [0.25, 0.3) is 0 Å². The second-order valence-corrected chi connectivity index (χ2v) is 7.55. The number of nitrogens with one attached hydrogen (secondary N) is 1. The van der Waals surface area contributed by atoms with Crippen molar-refractivity contribution in [3.8, 4) is 17.2 Å². The number of para-hydroxylation sites is 2. The van der Waals surface area contributed by atoms with Gasteiger partial charge < -0.3 is 29.0 Å². The Kier molecular flexibility index (Phi) is 9.20. The van der Waals surface area contributed by atoms with E-state index in [1.165, 1.54) is 6.26 Å². The Labute approximate surface area is 216 Å². The van der Waals surface area contributed by atoms with E-state index in [4.69, 9.17) is 13.9 Å². The van der Waals surface area contributed by atoms with E-state index in [9.17, 15) is 4.79 Å². The van der Waals surface area contributed by atoms with Crippen LogP contribution in [-0.2, 0) is 6.54 Å². The fourth-order valence-corrected chi connectivity index (χ4v) is 3.70. The first-order chi connectivity index (χ1) is 16.2. The average molecular weight is 576 g/mol. The molecule has 8 nitrogen and oxygen atoms in total. The minimum absolute atomic E-state index is 0. The second-order valence-electron chi connectivity index (χ2n) is 7.55. The smallest absolute Gasteiger partial charge is 0.289 e. The molecule has 180 valence electrons. The largest absolute Gasteiger partial charge is 0.493 e. The number of piperazine rings is 1. The molecule has 4 rings (SSSR count). The zero-order valence-corrected chi connectivity index (χ0v) is 21.6. The van der Waals surface area contributed by atoms with E-state index < -0.39 is 0 Å². The summed E-state index contributed by atoms with van der Waals surface area (Å²) >= 11 is 0. The molecule has 34 heavy (non-hydrogen) atoms. The fraction of sp³-hybridized carbons (Fsp3) is 0.280. The van der Waals surface area contributed by atoms with Gasteiger partial charge in [-0.15, -0.1) is 24.0 Å². The molecule has 0 saturated carbocycles. The van der Waals surface area contributed by atoms with E-state index in [1.54, 1.807) is 26.3 Å². The molecule has 1 aliphatic heterocycles. The fourth-order valence-electron chi connectivity index (χ4n) is 3.70. The molecule has 1 amide bonds.